The fraction of sp³-hybridized carbons (Fsp3) is 0.667. The van der Waals surface area contributed by atoms with Crippen molar-refractivity contribution in [3.63, 3.8) is 0 Å². The van der Waals surface area contributed by atoms with Gasteiger partial charge in [-0.1, -0.05) is 0 Å². The van der Waals surface area contributed by atoms with E-state index in [9.17, 15) is 5.11 Å². The molecule has 1 aromatic heterocycles. The zero-order valence-electron chi connectivity index (χ0n) is 8.20. The molecule has 0 saturated heterocycles. The predicted octanol–water partition coefficient (Wildman–Crippen LogP) is 0.244. The Bertz CT molecular complexity index is 226. The van der Waals surface area contributed by atoms with Crippen molar-refractivity contribution in [1.29, 1.82) is 0 Å². The summed E-state index contributed by atoms with van der Waals surface area (Å²) in [6, 6.07) is 1.90. The molecule has 0 amide bonds. The Labute approximate surface area is 78.6 Å². The molecule has 0 unspecified atom stereocenters. The summed E-state index contributed by atoms with van der Waals surface area (Å²) in [5, 5.41) is 16.6. The lowest BCUT2D eigenvalue weighted by atomic mass is 10.1. The number of nitrogens with zero attached hydrogens (tertiary/aromatic N) is 2. The number of hydrogen-bond donors (Lipinski definition) is 2. The van der Waals surface area contributed by atoms with Crippen LogP contribution in [0.15, 0.2) is 18.5 Å². The lowest BCUT2D eigenvalue weighted by Gasteiger charge is -2.17. The van der Waals surface area contributed by atoms with Crippen molar-refractivity contribution in [2.75, 3.05) is 13.1 Å². The van der Waals surface area contributed by atoms with E-state index in [4.69, 9.17) is 0 Å². The average Bonchev–Trinajstić information content (AvgIpc) is 2.48. The van der Waals surface area contributed by atoms with Crippen molar-refractivity contribution >= 4 is 0 Å². The van der Waals surface area contributed by atoms with Gasteiger partial charge in [-0.3, -0.25) is 4.68 Å². The minimum absolute atomic E-state index is 0.605. The average molecular weight is 183 g/mol. The number of hydrogen-bond acceptors (Lipinski definition) is 3. The molecule has 1 heterocycles. The highest BCUT2D eigenvalue weighted by Crippen LogP contribution is 1.96. The van der Waals surface area contributed by atoms with Crippen LogP contribution in [0.25, 0.3) is 0 Å². The van der Waals surface area contributed by atoms with E-state index in [0.29, 0.717) is 6.54 Å². The lowest BCUT2D eigenvalue weighted by Crippen LogP contribution is -2.36. The highest BCUT2D eigenvalue weighted by molar-refractivity contribution is 4.78. The third-order valence-electron chi connectivity index (χ3n) is 1.63. The van der Waals surface area contributed by atoms with Crippen LogP contribution in [0.2, 0.25) is 0 Å². The Kier molecular flexibility index (Phi) is 3.45. The quantitative estimate of drug-likeness (QED) is 0.643. The summed E-state index contributed by atoms with van der Waals surface area (Å²) in [6.45, 7) is 5.84. The van der Waals surface area contributed by atoms with Crippen LogP contribution < -0.4 is 5.32 Å². The summed E-state index contributed by atoms with van der Waals surface area (Å²) in [5.74, 6) is 0. The molecule has 1 aromatic rings. The van der Waals surface area contributed by atoms with Crippen LogP contribution >= 0.6 is 0 Å². The van der Waals surface area contributed by atoms with Crippen LogP contribution in [0.4, 0.5) is 0 Å². The van der Waals surface area contributed by atoms with Gasteiger partial charge in [0, 0.05) is 25.5 Å². The Morgan fingerprint density at radius 1 is 1.54 bits per heavy atom. The van der Waals surface area contributed by atoms with Crippen molar-refractivity contribution < 1.29 is 5.11 Å². The third kappa shape index (κ3) is 4.65. The second-order valence-corrected chi connectivity index (χ2v) is 3.76. The predicted molar refractivity (Wildman–Crippen MR) is 51.4 cm³/mol. The van der Waals surface area contributed by atoms with Gasteiger partial charge in [0.2, 0.25) is 0 Å². The molecule has 0 saturated carbocycles. The van der Waals surface area contributed by atoms with Crippen molar-refractivity contribution in [3.05, 3.63) is 18.5 Å². The number of aromatic nitrogens is 2. The summed E-state index contributed by atoms with van der Waals surface area (Å²) >= 11 is 0. The maximum Gasteiger partial charge on any atom is 0.0715 e. The van der Waals surface area contributed by atoms with Crippen LogP contribution in [0, 0.1) is 0 Å². The summed E-state index contributed by atoms with van der Waals surface area (Å²) in [6.07, 6.45) is 3.68. The van der Waals surface area contributed by atoms with E-state index in [-0.39, 0.29) is 0 Å². The van der Waals surface area contributed by atoms with Crippen LogP contribution in [0.3, 0.4) is 0 Å². The molecule has 0 atom stereocenters. The van der Waals surface area contributed by atoms with Gasteiger partial charge in [-0.2, -0.15) is 5.10 Å². The maximum absolute atomic E-state index is 9.39. The maximum atomic E-state index is 9.39. The Morgan fingerprint density at radius 2 is 2.31 bits per heavy atom. The summed E-state index contributed by atoms with van der Waals surface area (Å²) < 4.78 is 1.86. The summed E-state index contributed by atoms with van der Waals surface area (Å²) in [5.41, 5.74) is -0.635. The first kappa shape index (κ1) is 10.2. The molecule has 0 aromatic carbocycles. The fourth-order valence-corrected chi connectivity index (χ4v) is 1.02. The molecule has 0 spiro atoms. The molecule has 2 N–H and O–H groups in total. The topological polar surface area (TPSA) is 50.1 Å². The molecule has 4 heteroatoms. The normalized spacial score (nSPS) is 11.9. The van der Waals surface area contributed by atoms with Crippen LogP contribution in [-0.2, 0) is 6.54 Å². The van der Waals surface area contributed by atoms with E-state index < -0.39 is 5.60 Å². The van der Waals surface area contributed by atoms with E-state index >= 15 is 0 Å². The van der Waals surface area contributed by atoms with Gasteiger partial charge in [-0.25, -0.2) is 0 Å². The van der Waals surface area contributed by atoms with E-state index in [0.717, 1.165) is 13.1 Å². The van der Waals surface area contributed by atoms with Crippen LogP contribution in [0.1, 0.15) is 13.8 Å². The van der Waals surface area contributed by atoms with E-state index in [1.54, 1.807) is 20.0 Å². The van der Waals surface area contributed by atoms with E-state index in [1.807, 2.05) is 16.9 Å². The molecule has 0 radical (unpaired) electrons. The smallest absolute Gasteiger partial charge is 0.0715 e. The Morgan fingerprint density at radius 3 is 2.85 bits per heavy atom. The fourth-order valence-electron chi connectivity index (χ4n) is 1.02. The molecule has 0 aliphatic rings. The molecule has 13 heavy (non-hydrogen) atoms. The Balaban J connectivity index is 2.09. The highest BCUT2D eigenvalue weighted by Gasteiger charge is 2.10. The molecule has 0 aliphatic carbocycles. The SMILES string of the molecule is CC(C)(O)CNCCn1cccn1. The highest BCUT2D eigenvalue weighted by atomic mass is 16.3. The standard InChI is InChI=1S/C9H17N3O/c1-9(2,13)8-10-5-7-12-6-3-4-11-12/h3-4,6,10,13H,5,7-8H2,1-2H3. The van der Waals surface area contributed by atoms with Gasteiger partial charge in [-0.05, 0) is 19.9 Å². The number of aliphatic hydroxyl groups is 1. The monoisotopic (exact) mass is 183 g/mol. The minimum atomic E-state index is -0.635. The van der Waals surface area contributed by atoms with E-state index in [1.165, 1.54) is 0 Å². The Hall–Kier alpha value is -0.870. The van der Waals surface area contributed by atoms with Crippen LogP contribution in [0.5, 0.6) is 0 Å². The summed E-state index contributed by atoms with van der Waals surface area (Å²) in [7, 11) is 0. The first-order valence-corrected chi connectivity index (χ1v) is 4.48. The van der Waals surface area contributed by atoms with Gasteiger partial charge >= 0.3 is 0 Å². The number of rotatable bonds is 5. The molecular weight excluding hydrogens is 166 g/mol. The third-order valence-corrected chi connectivity index (χ3v) is 1.63. The van der Waals surface area contributed by atoms with Crippen molar-refractivity contribution in [2.45, 2.75) is 26.0 Å². The molecule has 0 aliphatic heterocycles. The molecule has 74 valence electrons. The van der Waals surface area contributed by atoms with Gasteiger partial charge < -0.3 is 10.4 Å². The van der Waals surface area contributed by atoms with E-state index in [2.05, 4.69) is 10.4 Å². The first-order valence-electron chi connectivity index (χ1n) is 4.48. The van der Waals surface area contributed by atoms with Crippen LogP contribution in [-0.4, -0.2) is 33.6 Å². The second kappa shape index (κ2) is 4.39. The molecule has 4 nitrogen and oxygen atoms in total. The molecule has 0 fully saturated rings. The lowest BCUT2D eigenvalue weighted by molar-refractivity contribution is 0.0797. The zero-order chi connectivity index (χ0) is 9.73. The van der Waals surface area contributed by atoms with Crippen molar-refractivity contribution in [2.24, 2.45) is 0 Å². The largest absolute Gasteiger partial charge is 0.389 e. The molecular formula is C9H17N3O. The van der Waals surface area contributed by atoms with Gasteiger partial charge in [-0.15, -0.1) is 0 Å². The van der Waals surface area contributed by atoms with Crippen molar-refractivity contribution in [3.8, 4) is 0 Å². The van der Waals surface area contributed by atoms with Gasteiger partial charge in [0.25, 0.3) is 0 Å². The summed E-state index contributed by atoms with van der Waals surface area (Å²) in [4.78, 5) is 0. The minimum Gasteiger partial charge on any atom is -0.389 e. The second-order valence-electron chi connectivity index (χ2n) is 3.76. The van der Waals surface area contributed by atoms with Crippen molar-refractivity contribution in [1.82, 2.24) is 15.1 Å². The number of nitrogens with one attached hydrogen (secondary N) is 1. The van der Waals surface area contributed by atoms with Gasteiger partial charge in [0.15, 0.2) is 0 Å². The van der Waals surface area contributed by atoms with Gasteiger partial charge in [0.1, 0.15) is 0 Å². The molecule has 0 bridgehead atoms. The molecule has 1 rings (SSSR count). The first-order chi connectivity index (χ1) is 6.08. The zero-order valence-corrected chi connectivity index (χ0v) is 8.20. The van der Waals surface area contributed by atoms with Gasteiger partial charge in [0.05, 0.1) is 12.1 Å².